The van der Waals surface area contributed by atoms with Gasteiger partial charge in [-0.1, -0.05) is 0 Å². The molecular formula is C14H18F2N2O5. The largest absolute Gasteiger partial charge is 0.485 e. The molecule has 0 aromatic heterocycles. The summed E-state index contributed by atoms with van der Waals surface area (Å²) in [6, 6.07) is 0.811. The van der Waals surface area contributed by atoms with E-state index in [4.69, 9.17) is 9.47 Å². The third kappa shape index (κ3) is 5.68. The molecule has 1 amide bonds. The van der Waals surface area contributed by atoms with Crippen molar-refractivity contribution in [2.75, 3.05) is 6.61 Å². The zero-order valence-electron chi connectivity index (χ0n) is 13.2. The molecule has 1 atom stereocenters. The van der Waals surface area contributed by atoms with Gasteiger partial charge in [-0.2, -0.15) is 4.39 Å². The number of carbonyl (C=O) groups excluding carboxylic acids is 1. The molecule has 0 aliphatic carbocycles. The van der Waals surface area contributed by atoms with Crippen LogP contribution in [0.5, 0.6) is 5.75 Å². The fourth-order valence-corrected chi connectivity index (χ4v) is 1.55. The van der Waals surface area contributed by atoms with Crippen LogP contribution >= 0.6 is 0 Å². The molecule has 0 aliphatic heterocycles. The zero-order chi connectivity index (χ0) is 17.8. The van der Waals surface area contributed by atoms with E-state index >= 15 is 0 Å². The van der Waals surface area contributed by atoms with E-state index in [0.717, 1.165) is 6.07 Å². The highest BCUT2D eigenvalue weighted by molar-refractivity contribution is 5.68. The van der Waals surface area contributed by atoms with Crippen LogP contribution in [0.2, 0.25) is 0 Å². The van der Waals surface area contributed by atoms with Gasteiger partial charge >= 0.3 is 11.8 Å². The molecule has 0 heterocycles. The number of nitro benzene ring substituents is 1. The lowest BCUT2D eigenvalue weighted by Gasteiger charge is -2.22. The van der Waals surface area contributed by atoms with E-state index in [0.29, 0.717) is 6.07 Å². The summed E-state index contributed by atoms with van der Waals surface area (Å²) in [5.74, 6) is -3.34. The fourth-order valence-electron chi connectivity index (χ4n) is 1.55. The van der Waals surface area contributed by atoms with Gasteiger partial charge in [0.25, 0.3) is 0 Å². The maximum absolute atomic E-state index is 13.8. The summed E-state index contributed by atoms with van der Waals surface area (Å²) in [5.41, 5.74) is -1.59. The Morgan fingerprint density at radius 3 is 2.52 bits per heavy atom. The van der Waals surface area contributed by atoms with Crippen molar-refractivity contribution in [1.82, 2.24) is 5.32 Å². The van der Waals surface area contributed by atoms with Crippen molar-refractivity contribution in [2.45, 2.75) is 39.3 Å². The van der Waals surface area contributed by atoms with Gasteiger partial charge in [0.15, 0.2) is 11.6 Å². The van der Waals surface area contributed by atoms with Crippen LogP contribution < -0.4 is 10.1 Å². The molecule has 9 heteroatoms. The lowest BCUT2D eigenvalue weighted by atomic mass is 10.2. The summed E-state index contributed by atoms with van der Waals surface area (Å²) in [6.45, 7) is 6.27. The van der Waals surface area contributed by atoms with E-state index < -0.39 is 45.7 Å². The number of nitrogens with zero attached hydrogens (tertiary/aromatic N) is 1. The Balaban J connectivity index is 2.70. The Hall–Kier alpha value is -2.45. The maximum Gasteiger partial charge on any atom is 0.407 e. The van der Waals surface area contributed by atoms with Crippen molar-refractivity contribution in [3.8, 4) is 5.75 Å². The van der Waals surface area contributed by atoms with Gasteiger partial charge in [-0.25, -0.2) is 9.18 Å². The van der Waals surface area contributed by atoms with Gasteiger partial charge in [-0.15, -0.1) is 0 Å². The highest BCUT2D eigenvalue weighted by atomic mass is 19.1. The molecule has 23 heavy (non-hydrogen) atoms. The summed E-state index contributed by atoms with van der Waals surface area (Å²) in [7, 11) is 0. The molecule has 0 spiro atoms. The first-order valence-electron chi connectivity index (χ1n) is 6.76. The fraction of sp³-hybridized carbons (Fsp3) is 0.500. The molecule has 1 aromatic rings. The minimum atomic E-state index is -1.40. The number of ether oxygens (including phenoxy) is 2. The minimum absolute atomic E-state index is 0.297. The number of benzene rings is 1. The first kappa shape index (κ1) is 18.6. The van der Waals surface area contributed by atoms with Crippen molar-refractivity contribution in [3.05, 3.63) is 33.9 Å². The Kier molecular flexibility index (Phi) is 5.83. The molecule has 0 radical (unpaired) electrons. The number of nitro groups is 1. The Morgan fingerprint density at radius 2 is 2.00 bits per heavy atom. The van der Waals surface area contributed by atoms with E-state index in [9.17, 15) is 23.7 Å². The zero-order valence-corrected chi connectivity index (χ0v) is 13.2. The van der Waals surface area contributed by atoms with Crippen LogP contribution in [0.25, 0.3) is 0 Å². The Bertz CT molecular complexity index is 602. The minimum Gasteiger partial charge on any atom is -0.485 e. The van der Waals surface area contributed by atoms with Crippen LogP contribution in [-0.4, -0.2) is 29.3 Å². The third-order valence-corrected chi connectivity index (χ3v) is 2.47. The number of hydrogen-bond donors (Lipinski definition) is 1. The van der Waals surface area contributed by atoms with Gasteiger partial charge in [0.05, 0.1) is 11.0 Å². The smallest absolute Gasteiger partial charge is 0.407 e. The SMILES string of the molecule is C[C@@H](COc1c(F)ccc([N+](=O)[O-])c1F)NC(=O)OC(C)(C)C. The first-order valence-corrected chi connectivity index (χ1v) is 6.76. The van der Waals surface area contributed by atoms with E-state index in [-0.39, 0.29) is 6.61 Å². The predicted molar refractivity (Wildman–Crippen MR) is 77.3 cm³/mol. The highest BCUT2D eigenvalue weighted by Gasteiger charge is 2.24. The second kappa shape index (κ2) is 7.21. The van der Waals surface area contributed by atoms with Crippen LogP contribution in [-0.2, 0) is 4.74 Å². The van der Waals surface area contributed by atoms with Crippen molar-refractivity contribution in [2.24, 2.45) is 0 Å². The van der Waals surface area contributed by atoms with Gasteiger partial charge in [-0.05, 0) is 33.8 Å². The summed E-state index contributed by atoms with van der Waals surface area (Å²) in [6.07, 6.45) is -0.714. The molecule has 1 rings (SSSR count). The third-order valence-electron chi connectivity index (χ3n) is 2.47. The van der Waals surface area contributed by atoms with Crippen LogP contribution in [0.1, 0.15) is 27.7 Å². The maximum atomic E-state index is 13.8. The summed E-state index contributed by atoms with van der Waals surface area (Å²) >= 11 is 0. The highest BCUT2D eigenvalue weighted by Crippen LogP contribution is 2.29. The molecule has 0 saturated heterocycles. The first-order chi connectivity index (χ1) is 10.5. The van der Waals surface area contributed by atoms with E-state index in [1.807, 2.05) is 0 Å². The standard InChI is InChI=1S/C14H18F2N2O5/c1-8(17-13(19)23-14(2,3)4)7-22-12-9(15)5-6-10(11(12)16)18(20)21/h5-6,8H,7H2,1-4H3,(H,17,19)/t8-/m0/s1. The number of carbonyl (C=O) groups is 1. The molecule has 128 valence electrons. The van der Waals surface area contributed by atoms with Gasteiger partial charge in [0, 0.05) is 6.07 Å². The average molecular weight is 332 g/mol. The van der Waals surface area contributed by atoms with Gasteiger partial charge in [0.1, 0.15) is 12.2 Å². The number of halogens is 2. The average Bonchev–Trinajstić information content (AvgIpc) is 2.35. The van der Waals surface area contributed by atoms with Crippen LogP contribution in [0.3, 0.4) is 0 Å². The lowest BCUT2D eigenvalue weighted by molar-refractivity contribution is -0.387. The Labute approximate surface area is 131 Å². The number of amides is 1. The topological polar surface area (TPSA) is 90.7 Å². The van der Waals surface area contributed by atoms with Crippen LogP contribution in [0.15, 0.2) is 12.1 Å². The van der Waals surface area contributed by atoms with E-state index in [2.05, 4.69) is 5.32 Å². The molecule has 0 saturated carbocycles. The number of rotatable bonds is 5. The molecule has 0 unspecified atom stereocenters. The molecule has 0 fully saturated rings. The number of hydrogen-bond acceptors (Lipinski definition) is 5. The van der Waals surface area contributed by atoms with E-state index in [1.165, 1.54) is 6.92 Å². The predicted octanol–water partition coefficient (Wildman–Crippen LogP) is 3.17. The van der Waals surface area contributed by atoms with Crippen LogP contribution in [0.4, 0.5) is 19.3 Å². The summed E-state index contributed by atoms with van der Waals surface area (Å²) in [4.78, 5) is 21.2. The normalized spacial score (nSPS) is 12.4. The van der Waals surface area contributed by atoms with Gasteiger partial charge in [-0.3, -0.25) is 10.1 Å². The van der Waals surface area contributed by atoms with Gasteiger partial charge in [0.2, 0.25) is 5.82 Å². The van der Waals surface area contributed by atoms with Crippen molar-refractivity contribution in [3.63, 3.8) is 0 Å². The second-order valence-electron chi connectivity index (χ2n) is 5.83. The van der Waals surface area contributed by atoms with Crippen molar-refractivity contribution < 1.29 is 28.0 Å². The second-order valence-corrected chi connectivity index (χ2v) is 5.83. The quantitative estimate of drug-likeness (QED) is 0.660. The molecule has 0 aliphatic rings. The summed E-state index contributed by atoms with van der Waals surface area (Å²) in [5, 5.41) is 13.0. The van der Waals surface area contributed by atoms with Crippen molar-refractivity contribution >= 4 is 11.8 Å². The van der Waals surface area contributed by atoms with Crippen LogP contribution in [0, 0.1) is 21.7 Å². The Morgan fingerprint density at radius 1 is 1.39 bits per heavy atom. The number of nitrogens with one attached hydrogen (secondary N) is 1. The molecule has 1 aromatic carbocycles. The number of alkyl carbamates (subject to hydrolysis) is 1. The molecule has 1 N–H and O–H groups in total. The lowest BCUT2D eigenvalue weighted by Crippen LogP contribution is -2.40. The van der Waals surface area contributed by atoms with E-state index in [1.54, 1.807) is 20.8 Å². The monoisotopic (exact) mass is 332 g/mol. The molecular weight excluding hydrogens is 314 g/mol. The molecule has 0 bridgehead atoms. The van der Waals surface area contributed by atoms with Crippen molar-refractivity contribution in [1.29, 1.82) is 0 Å². The molecule has 7 nitrogen and oxygen atoms in total. The summed E-state index contributed by atoms with van der Waals surface area (Å²) < 4.78 is 37.3. The van der Waals surface area contributed by atoms with Gasteiger partial charge < -0.3 is 14.8 Å².